The molecule has 0 aliphatic carbocycles. The Hall–Kier alpha value is -1.53. The van der Waals surface area contributed by atoms with Crippen molar-refractivity contribution in [3.8, 4) is 0 Å². The number of anilines is 2. The molecule has 20 heavy (non-hydrogen) atoms. The molecule has 5 nitrogen and oxygen atoms in total. The predicted molar refractivity (Wildman–Crippen MR) is 84.6 cm³/mol. The second-order valence-electron chi connectivity index (χ2n) is 4.47. The highest BCUT2D eigenvalue weighted by Crippen LogP contribution is 2.20. The van der Waals surface area contributed by atoms with Crippen LogP contribution in [0.4, 0.5) is 16.2 Å². The summed E-state index contributed by atoms with van der Waals surface area (Å²) in [6.45, 7) is 7.29. The Kier molecular flexibility index (Phi) is 5.43. The molecule has 1 heterocycles. The molecule has 2 amide bonds. The maximum atomic E-state index is 11.7. The molecule has 0 bridgehead atoms. The molecule has 6 heteroatoms. The van der Waals surface area contributed by atoms with E-state index >= 15 is 0 Å². The van der Waals surface area contributed by atoms with Crippen molar-refractivity contribution in [1.82, 2.24) is 5.32 Å². The molecule has 0 spiro atoms. The molecule has 1 fully saturated rings. The number of urea groups is 1. The Labute approximate surface area is 127 Å². The topological polar surface area (TPSA) is 53.6 Å². The molecule has 1 aromatic carbocycles. The van der Waals surface area contributed by atoms with Gasteiger partial charge < -0.3 is 20.3 Å². The quantitative estimate of drug-likeness (QED) is 0.886. The second-order valence-corrected chi connectivity index (χ2v) is 5.60. The lowest BCUT2D eigenvalue weighted by Gasteiger charge is -2.29. The van der Waals surface area contributed by atoms with Crippen LogP contribution < -0.4 is 15.5 Å². The van der Waals surface area contributed by atoms with Gasteiger partial charge in [-0.2, -0.15) is 0 Å². The van der Waals surface area contributed by atoms with Gasteiger partial charge in [0.25, 0.3) is 0 Å². The fourth-order valence-electron chi connectivity index (χ4n) is 1.95. The zero-order valence-electron chi connectivity index (χ0n) is 11.2. The van der Waals surface area contributed by atoms with Gasteiger partial charge >= 0.3 is 6.03 Å². The van der Waals surface area contributed by atoms with Gasteiger partial charge in [-0.25, -0.2) is 4.79 Å². The van der Waals surface area contributed by atoms with Crippen LogP contribution in [-0.2, 0) is 4.74 Å². The average molecular weight is 340 g/mol. The lowest BCUT2D eigenvalue weighted by Crippen LogP contribution is -2.36. The van der Waals surface area contributed by atoms with E-state index in [1.54, 1.807) is 0 Å². The van der Waals surface area contributed by atoms with Crippen molar-refractivity contribution in [3.05, 3.63) is 35.3 Å². The zero-order chi connectivity index (χ0) is 14.4. The van der Waals surface area contributed by atoms with E-state index in [1.807, 2.05) is 24.3 Å². The highest BCUT2D eigenvalue weighted by molar-refractivity contribution is 9.11. The number of benzene rings is 1. The molecule has 0 saturated carbocycles. The van der Waals surface area contributed by atoms with Gasteiger partial charge in [0.15, 0.2) is 0 Å². The number of nitrogens with one attached hydrogen (secondary N) is 2. The summed E-state index contributed by atoms with van der Waals surface area (Å²) in [7, 11) is 0. The smallest absolute Gasteiger partial charge is 0.319 e. The number of nitrogens with zero attached hydrogens (tertiary/aromatic N) is 1. The van der Waals surface area contributed by atoms with Crippen LogP contribution in [0.3, 0.4) is 0 Å². The van der Waals surface area contributed by atoms with Gasteiger partial charge in [0.2, 0.25) is 0 Å². The van der Waals surface area contributed by atoms with Crippen molar-refractivity contribution < 1.29 is 9.53 Å². The molecule has 1 aliphatic rings. The van der Waals surface area contributed by atoms with Crippen LogP contribution >= 0.6 is 15.9 Å². The third-order valence-electron chi connectivity index (χ3n) is 2.92. The monoisotopic (exact) mass is 339 g/mol. The number of carbonyl (C=O) groups is 1. The summed E-state index contributed by atoms with van der Waals surface area (Å²) < 4.78 is 6.07. The second kappa shape index (κ2) is 7.31. The van der Waals surface area contributed by atoms with Crippen LogP contribution in [0.25, 0.3) is 0 Å². The van der Waals surface area contributed by atoms with Gasteiger partial charge in [-0.05, 0) is 18.2 Å². The van der Waals surface area contributed by atoms with Gasteiger partial charge in [0.05, 0.1) is 19.8 Å². The van der Waals surface area contributed by atoms with E-state index in [4.69, 9.17) is 4.74 Å². The molecule has 0 unspecified atom stereocenters. The average Bonchev–Trinajstić information content (AvgIpc) is 2.46. The van der Waals surface area contributed by atoms with Crippen molar-refractivity contribution in [2.45, 2.75) is 0 Å². The molecular weight excluding hydrogens is 322 g/mol. The summed E-state index contributed by atoms with van der Waals surface area (Å²) in [5, 5.41) is 5.51. The Morgan fingerprint density at radius 1 is 1.40 bits per heavy atom. The number of halogens is 1. The molecule has 108 valence electrons. The number of hydrogen-bond acceptors (Lipinski definition) is 3. The van der Waals surface area contributed by atoms with Gasteiger partial charge in [-0.1, -0.05) is 28.6 Å². The number of morpholine rings is 1. The van der Waals surface area contributed by atoms with E-state index in [1.165, 1.54) is 0 Å². The van der Waals surface area contributed by atoms with Crippen LogP contribution in [0.15, 0.2) is 35.3 Å². The molecule has 0 aromatic heterocycles. The first-order valence-electron chi connectivity index (χ1n) is 6.46. The molecule has 1 aliphatic heterocycles. The van der Waals surface area contributed by atoms with Crippen molar-refractivity contribution >= 4 is 33.3 Å². The number of hydrogen-bond donors (Lipinski definition) is 2. The largest absolute Gasteiger partial charge is 0.378 e. The van der Waals surface area contributed by atoms with Crippen LogP contribution in [0.5, 0.6) is 0 Å². The van der Waals surface area contributed by atoms with Crippen molar-refractivity contribution in [2.24, 2.45) is 0 Å². The highest BCUT2D eigenvalue weighted by Gasteiger charge is 2.11. The molecule has 1 aromatic rings. The predicted octanol–water partition coefficient (Wildman–Crippen LogP) is 2.55. The first kappa shape index (κ1) is 14.9. The Bertz CT molecular complexity index is 487. The molecule has 1 saturated heterocycles. The summed E-state index contributed by atoms with van der Waals surface area (Å²) in [5.74, 6) is 0. The lowest BCUT2D eigenvalue weighted by molar-refractivity contribution is 0.122. The summed E-state index contributed by atoms with van der Waals surface area (Å²) in [5.41, 5.74) is 1.86. The van der Waals surface area contributed by atoms with E-state index in [-0.39, 0.29) is 6.03 Å². The van der Waals surface area contributed by atoms with E-state index in [0.717, 1.165) is 42.2 Å². The number of ether oxygens (including phenoxy) is 1. The summed E-state index contributed by atoms with van der Waals surface area (Å²) in [6, 6.07) is 7.56. The van der Waals surface area contributed by atoms with Gasteiger partial charge in [0.1, 0.15) is 0 Å². The molecule has 2 N–H and O–H groups in total. The fourth-order valence-corrected chi connectivity index (χ4v) is 2.09. The standard InChI is InChI=1S/C14H18BrN3O2/c1-11(15)10-16-14(19)17-12-3-2-4-13(9-12)18-5-7-20-8-6-18/h2-4,9H,1,5-8,10H2,(H2,16,17,19). The SMILES string of the molecule is C=C(Br)CNC(=O)Nc1cccc(N2CCOCC2)c1. The Balaban J connectivity index is 1.95. The minimum Gasteiger partial charge on any atom is -0.378 e. The van der Waals surface area contributed by atoms with Gasteiger partial charge in [-0.15, -0.1) is 0 Å². The highest BCUT2D eigenvalue weighted by atomic mass is 79.9. The van der Waals surface area contributed by atoms with Crippen LogP contribution in [-0.4, -0.2) is 38.9 Å². The Morgan fingerprint density at radius 3 is 2.85 bits per heavy atom. The fraction of sp³-hybridized carbons (Fsp3) is 0.357. The van der Waals surface area contributed by atoms with Gasteiger partial charge in [-0.3, -0.25) is 0 Å². The normalized spacial score (nSPS) is 14.8. The van der Waals surface area contributed by atoms with E-state index in [2.05, 4.69) is 38.0 Å². The summed E-state index contributed by atoms with van der Waals surface area (Å²) >= 11 is 3.20. The lowest BCUT2D eigenvalue weighted by atomic mass is 10.2. The third kappa shape index (κ3) is 4.54. The van der Waals surface area contributed by atoms with E-state index < -0.39 is 0 Å². The van der Waals surface area contributed by atoms with E-state index in [0.29, 0.717) is 6.54 Å². The minimum absolute atomic E-state index is 0.246. The zero-order valence-corrected chi connectivity index (χ0v) is 12.8. The van der Waals surface area contributed by atoms with Crippen LogP contribution in [0, 0.1) is 0 Å². The van der Waals surface area contributed by atoms with Gasteiger partial charge in [0, 0.05) is 28.9 Å². The number of rotatable bonds is 4. The van der Waals surface area contributed by atoms with Crippen LogP contribution in [0.1, 0.15) is 0 Å². The maximum absolute atomic E-state index is 11.7. The maximum Gasteiger partial charge on any atom is 0.319 e. The van der Waals surface area contributed by atoms with Crippen molar-refractivity contribution in [1.29, 1.82) is 0 Å². The van der Waals surface area contributed by atoms with E-state index in [9.17, 15) is 4.79 Å². The summed E-state index contributed by atoms with van der Waals surface area (Å²) in [4.78, 5) is 13.9. The summed E-state index contributed by atoms with van der Waals surface area (Å²) in [6.07, 6.45) is 0. The first-order chi connectivity index (χ1) is 9.65. The third-order valence-corrected chi connectivity index (χ3v) is 3.20. The number of carbonyl (C=O) groups excluding carboxylic acids is 1. The first-order valence-corrected chi connectivity index (χ1v) is 7.25. The molecule has 0 atom stereocenters. The molecule has 0 radical (unpaired) electrons. The van der Waals surface area contributed by atoms with Crippen molar-refractivity contribution in [3.63, 3.8) is 0 Å². The molecular formula is C14H18BrN3O2. The van der Waals surface area contributed by atoms with Crippen molar-refractivity contribution in [2.75, 3.05) is 43.1 Å². The van der Waals surface area contributed by atoms with Crippen LogP contribution in [0.2, 0.25) is 0 Å². The number of amides is 2. The Morgan fingerprint density at radius 2 is 2.15 bits per heavy atom. The minimum atomic E-state index is -0.246. The molecule has 2 rings (SSSR count).